The third kappa shape index (κ3) is 6.32. The lowest BCUT2D eigenvalue weighted by molar-refractivity contribution is 0.0671. The molecule has 3 heterocycles. The third-order valence-electron chi connectivity index (χ3n) is 7.13. The first-order valence-corrected chi connectivity index (χ1v) is 14.0. The highest BCUT2D eigenvalue weighted by molar-refractivity contribution is 8.01. The highest BCUT2D eigenvalue weighted by Crippen LogP contribution is 2.35. The van der Waals surface area contributed by atoms with Crippen molar-refractivity contribution >= 4 is 34.0 Å². The summed E-state index contributed by atoms with van der Waals surface area (Å²) in [6, 6.07) is 12.9. The molecule has 1 aliphatic heterocycles. The zero-order valence-corrected chi connectivity index (χ0v) is 22.2. The van der Waals surface area contributed by atoms with E-state index >= 15 is 0 Å². The summed E-state index contributed by atoms with van der Waals surface area (Å²) < 4.78 is 6.88. The van der Waals surface area contributed by atoms with Gasteiger partial charge in [-0.25, -0.2) is 0 Å². The minimum atomic E-state index is 0.279. The lowest BCUT2D eigenvalue weighted by atomic mass is 9.81. The predicted molar refractivity (Wildman–Crippen MR) is 144 cm³/mol. The number of thioether (sulfide) groups is 1. The lowest BCUT2D eigenvalue weighted by Crippen LogP contribution is -2.43. The first-order valence-electron chi connectivity index (χ1n) is 12.2. The van der Waals surface area contributed by atoms with Crippen LogP contribution >= 0.6 is 23.1 Å². The van der Waals surface area contributed by atoms with Crippen molar-refractivity contribution in [2.24, 2.45) is 11.8 Å². The standard InChI is InChI=1S/C27H37N3O2S2/c1-29(2)26(23-10-12-28-25-8-7-22(32-3)17-24(23)25)9-6-20-11-13-30(18-21(20)19-31)14-16-34-27-5-4-15-33-27/h4-5,7-8,10,12,15,17,20-21,26,31H,6,9,11,13-14,16,18-19H2,1-3H3/t20-,21-,26+/m1/s1. The number of thiophene rings is 1. The summed E-state index contributed by atoms with van der Waals surface area (Å²) in [5, 5.41) is 13.5. The molecule has 3 aromatic rings. The largest absolute Gasteiger partial charge is 0.497 e. The number of aliphatic hydroxyl groups excluding tert-OH is 1. The number of aromatic nitrogens is 1. The molecular formula is C27H37N3O2S2. The number of likely N-dealkylation sites (tertiary alicyclic amines) is 1. The third-order valence-corrected chi connectivity index (χ3v) is 9.24. The molecular weight excluding hydrogens is 462 g/mol. The van der Waals surface area contributed by atoms with E-state index in [1.54, 1.807) is 7.11 Å². The maximum Gasteiger partial charge on any atom is 0.119 e. The van der Waals surface area contributed by atoms with E-state index in [9.17, 15) is 5.11 Å². The minimum Gasteiger partial charge on any atom is -0.497 e. The maximum absolute atomic E-state index is 10.2. The zero-order valence-electron chi connectivity index (χ0n) is 20.5. The van der Waals surface area contributed by atoms with E-state index < -0.39 is 0 Å². The van der Waals surface area contributed by atoms with Crippen LogP contribution in [0.4, 0.5) is 0 Å². The molecule has 184 valence electrons. The van der Waals surface area contributed by atoms with Crippen LogP contribution in [-0.2, 0) is 0 Å². The second-order valence-corrected chi connectivity index (χ2v) is 11.8. The van der Waals surface area contributed by atoms with Gasteiger partial charge in [0.15, 0.2) is 0 Å². The van der Waals surface area contributed by atoms with Gasteiger partial charge in [-0.15, -0.1) is 23.1 Å². The Labute approximate surface area is 212 Å². The molecule has 1 saturated heterocycles. The van der Waals surface area contributed by atoms with Gasteiger partial charge in [0.25, 0.3) is 0 Å². The van der Waals surface area contributed by atoms with Crippen molar-refractivity contribution in [3.8, 4) is 5.75 Å². The van der Waals surface area contributed by atoms with E-state index in [-0.39, 0.29) is 6.61 Å². The summed E-state index contributed by atoms with van der Waals surface area (Å²) in [4.78, 5) is 9.43. The van der Waals surface area contributed by atoms with Crippen LogP contribution in [-0.4, -0.2) is 73.1 Å². The molecule has 1 aromatic carbocycles. The first kappa shape index (κ1) is 25.5. The average Bonchev–Trinajstić information content (AvgIpc) is 3.38. The SMILES string of the molecule is COc1ccc2nccc([C@H](CC[C@@H]3CCN(CCSc4cccs4)C[C@@H]3CO)N(C)C)c2c1. The molecule has 0 aliphatic carbocycles. The normalized spacial score (nSPS) is 20.1. The molecule has 1 fully saturated rings. The Kier molecular flexibility index (Phi) is 9.25. The van der Waals surface area contributed by atoms with Crippen molar-refractivity contribution in [2.45, 2.75) is 29.5 Å². The fourth-order valence-electron chi connectivity index (χ4n) is 5.19. The van der Waals surface area contributed by atoms with Crippen molar-refractivity contribution in [3.05, 3.63) is 53.5 Å². The van der Waals surface area contributed by atoms with Gasteiger partial charge in [0.2, 0.25) is 0 Å². The number of hydrogen-bond acceptors (Lipinski definition) is 7. The van der Waals surface area contributed by atoms with E-state index in [1.165, 1.54) is 16.2 Å². The van der Waals surface area contributed by atoms with Crippen LogP contribution in [0.5, 0.6) is 5.75 Å². The van der Waals surface area contributed by atoms with Crippen molar-refractivity contribution in [3.63, 3.8) is 0 Å². The quantitative estimate of drug-likeness (QED) is 0.356. The molecule has 3 atom stereocenters. The fraction of sp³-hybridized carbons (Fsp3) is 0.519. The topological polar surface area (TPSA) is 48.8 Å². The molecule has 34 heavy (non-hydrogen) atoms. The number of piperidine rings is 1. The van der Waals surface area contributed by atoms with Gasteiger partial charge >= 0.3 is 0 Å². The molecule has 5 nitrogen and oxygen atoms in total. The molecule has 1 N–H and O–H groups in total. The molecule has 0 bridgehead atoms. The summed E-state index contributed by atoms with van der Waals surface area (Å²) in [5.41, 5.74) is 2.31. The Hall–Kier alpha value is -1.64. The van der Waals surface area contributed by atoms with E-state index in [0.29, 0.717) is 17.9 Å². The summed E-state index contributed by atoms with van der Waals surface area (Å²) in [6.07, 6.45) is 5.28. The minimum absolute atomic E-state index is 0.279. The number of methoxy groups -OCH3 is 1. The zero-order chi connectivity index (χ0) is 23.9. The van der Waals surface area contributed by atoms with Crippen LogP contribution in [0.25, 0.3) is 10.9 Å². The van der Waals surface area contributed by atoms with Crippen molar-refractivity contribution < 1.29 is 9.84 Å². The molecule has 1 aliphatic rings. The summed E-state index contributed by atoms with van der Waals surface area (Å²) >= 11 is 3.76. The predicted octanol–water partition coefficient (Wildman–Crippen LogP) is 5.41. The van der Waals surface area contributed by atoms with Gasteiger partial charge in [-0.05, 0) is 93.0 Å². The van der Waals surface area contributed by atoms with Crippen LogP contribution in [0.3, 0.4) is 0 Å². The van der Waals surface area contributed by atoms with Gasteiger partial charge in [-0.3, -0.25) is 4.98 Å². The number of pyridine rings is 1. The molecule has 0 radical (unpaired) electrons. The monoisotopic (exact) mass is 499 g/mol. The second-order valence-electron chi connectivity index (χ2n) is 9.41. The second kappa shape index (κ2) is 12.4. The van der Waals surface area contributed by atoms with Crippen molar-refractivity contribution in [2.75, 3.05) is 53.2 Å². The number of benzene rings is 1. The molecule has 0 unspecified atom stereocenters. The summed E-state index contributed by atoms with van der Waals surface area (Å²) in [5.74, 6) is 2.91. The van der Waals surface area contributed by atoms with Gasteiger partial charge in [-0.1, -0.05) is 6.07 Å². The summed E-state index contributed by atoms with van der Waals surface area (Å²) in [7, 11) is 6.03. The Morgan fingerprint density at radius 2 is 2.15 bits per heavy atom. The molecule has 0 amide bonds. The fourth-order valence-corrected chi connectivity index (χ4v) is 7.06. The number of nitrogens with zero attached hydrogens (tertiary/aromatic N) is 3. The number of hydrogen-bond donors (Lipinski definition) is 1. The van der Waals surface area contributed by atoms with Gasteiger partial charge in [0, 0.05) is 43.1 Å². The van der Waals surface area contributed by atoms with Gasteiger partial charge < -0.3 is 19.6 Å². The van der Waals surface area contributed by atoms with Crippen LogP contribution < -0.4 is 4.74 Å². The number of rotatable bonds is 11. The highest BCUT2D eigenvalue weighted by atomic mass is 32.2. The maximum atomic E-state index is 10.2. The van der Waals surface area contributed by atoms with E-state index in [2.05, 4.69) is 58.5 Å². The van der Waals surface area contributed by atoms with Gasteiger partial charge in [0.05, 0.1) is 16.8 Å². The smallest absolute Gasteiger partial charge is 0.119 e. The first-order chi connectivity index (χ1) is 16.6. The van der Waals surface area contributed by atoms with Crippen LogP contribution in [0.1, 0.15) is 30.9 Å². The average molecular weight is 500 g/mol. The molecule has 2 aromatic heterocycles. The highest BCUT2D eigenvalue weighted by Gasteiger charge is 2.30. The van der Waals surface area contributed by atoms with Crippen LogP contribution in [0, 0.1) is 11.8 Å². The molecule has 7 heteroatoms. The molecule has 0 saturated carbocycles. The van der Waals surface area contributed by atoms with Crippen molar-refractivity contribution in [1.29, 1.82) is 0 Å². The van der Waals surface area contributed by atoms with Crippen LogP contribution in [0.15, 0.2) is 52.2 Å². The molecule has 4 rings (SSSR count). The summed E-state index contributed by atoms with van der Waals surface area (Å²) in [6.45, 7) is 3.51. The van der Waals surface area contributed by atoms with Gasteiger partial charge in [0.1, 0.15) is 5.75 Å². The van der Waals surface area contributed by atoms with E-state index in [4.69, 9.17) is 4.74 Å². The van der Waals surface area contributed by atoms with E-state index in [1.807, 2.05) is 41.4 Å². The number of aliphatic hydroxyl groups is 1. The van der Waals surface area contributed by atoms with E-state index in [0.717, 1.165) is 54.9 Å². The number of fused-ring (bicyclic) bond motifs is 1. The van der Waals surface area contributed by atoms with Crippen molar-refractivity contribution in [1.82, 2.24) is 14.8 Å². The Balaban J connectivity index is 1.37. The Morgan fingerprint density at radius 3 is 2.88 bits per heavy atom. The van der Waals surface area contributed by atoms with Gasteiger partial charge in [-0.2, -0.15) is 0 Å². The Bertz CT molecular complexity index is 1030. The lowest BCUT2D eigenvalue weighted by Gasteiger charge is -2.39. The number of ether oxygens (including phenoxy) is 1. The van der Waals surface area contributed by atoms with Crippen LogP contribution in [0.2, 0.25) is 0 Å². The molecule has 0 spiro atoms. The Morgan fingerprint density at radius 1 is 1.26 bits per heavy atom.